The molecule has 6 rings (SSSR count). The van der Waals surface area contributed by atoms with Crippen LogP contribution in [0.3, 0.4) is 0 Å². The maximum Gasteiger partial charge on any atom is -0.00112 e. The summed E-state index contributed by atoms with van der Waals surface area (Å²) in [7, 11) is 1.50. The van der Waals surface area contributed by atoms with Gasteiger partial charge in [0.15, 0.2) is 0 Å². The van der Waals surface area contributed by atoms with Crippen LogP contribution < -0.4 is 5.73 Å². The maximum absolute atomic E-state index is 4.50. The highest BCUT2D eigenvalue weighted by Gasteiger charge is 2.28. The lowest BCUT2D eigenvalue weighted by molar-refractivity contribution is 1.46. The van der Waals surface area contributed by atoms with Gasteiger partial charge < -0.3 is 5.73 Å². The van der Waals surface area contributed by atoms with Crippen LogP contribution in [0.1, 0.15) is 12.5 Å². The molecule has 34 heavy (non-hydrogen) atoms. The van der Waals surface area contributed by atoms with Crippen molar-refractivity contribution < 1.29 is 0 Å². The van der Waals surface area contributed by atoms with Gasteiger partial charge in [-0.15, -0.1) is 6.58 Å². The predicted molar refractivity (Wildman–Crippen MR) is 150 cm³/mol. The van der Waals surface area contributed by atoms with Crippen LogP contribution in [0.15, 0.2) is 116 Å². The fourth-order valence-corrected chi connectivity index (χ4v) is 4.95. The molecule has 0 bridgehead atoms. The molecule has 0 aliphatic heterocycles. The number of hydrogen-bond donors (Lipinski definition) is 1. The molecule has 0 saturated heterocycles. The first-order valence-electron chi connectivity index (χ1n) is 11.7. The zero-order valence-electron chi connectivity index (χ0n) is 20.2. The molecule has 0 aromatic heterocycles. The van der Waals surface area contributed by atoms with E-state index in [1.807, 2.05) is 6.92 Å². The Morgan fingerprint density at radius 2 is 1.09 bits per heavy atom. The molecule has 168 valence electrons. The number of nitrogens with two attached hydrogens (primary N) is 1. The first-order valence-corrected chi connectivity index (χ1v) is 11.7. The van der Waals surface area contributed by atoms with E-state index < -0.39 is 0 Å². The quantitative estimate of drug-likeness (QED) is 0.267. The molecule has 5 aromatic rings. The van der Waals surface area contributed by atoms with Crippen molar-refractivity contribution in [2.45, 2.75) is 13.8 Å². The second-order valence-electron chi connectivity index (χ2n) is 8.22. The Labute approximate surface area is 203 Å². The first-order chi connectivity index (χ1) is 16.7. The van der Waals surface area contributed by atoms with Crippen molar-refractivity contribution >= 4 is 10.8 Å². The summed E-state index contributed by atoms with van der Waals surface area (Å²) in [6.45, 7) is 7.50. The monoisotopic (exact) mass is 441 g/mol. The fourth-order valence-electron chi connectivity index (χ4n) is 4.95. The van der Waals surface area contributed by atoms with E-state index in [0.29, 0.717) is 0 Å². The van der Waals surface area contributed by atoms with Gasteiger partial charge in [0.2, 0.25) is 0 Å². The van der Waals surface area contributed by atoms with Crippen LogP contribution in [-0.2, 0) is 0 Å². The lowest BCUT2D eigenvalue weighted by atomic mass is 9.85. The number of allylic oxidation sites excluding steroid dienone is 1. The van der Waals surface area contributed by atoms with Crippen molar-refractivity contribution in [2.75, 3.05) is 7.05 Å². The molecule has 1 nitrogen and oxygen atoms in total. The normalized spacial score (nSPS) is 10.5. The van der Waals surface area contributed by atoms with Crippen LogP contribution in [0.2, 0.25) is 0 Å². The van der Waals surface area contributed by atoms with Gasteiger partial charge in [-0.1, -0.05) is 109 Å². The van der Waals surface area contributed by atoms with E-state index in [4.69, 9.17) is 0 Å². The molecule has 1 aliphatic rings. The smallest absolute Gasteiger partial charge is 0.00112 e. The Hall–Kier alpha value is -3.94. The zero-order chi connectivity index (χ0) is 24.1. The van der Waals surface area contributed by atoms with E-state index in [9.17, 15) is 0 Å². The van der Waals surface area contributed by atoms with Crippen molar-refractivity contribution in [2.24, 2.45) is 5.73 Å². The SMILES string of the molecule is C=CC.CN.Cc1cc(-c2ccccc2)c2c(c1-c1ccccc1)-c1cccc3cccc-2c13. The predicted octanol–water partition coefficient (Wildman–Crippen LogP) is 8.90. The van der Waals surface area contributed by atoms with Gasteiger partial charge in [-0.25, -0.2) is 0 Å². The van der Waals surface area contributed by atoms with Crippen LogP contribution in [0.25, 0.3) is 55.3 Å². The van der Waals surface area contributed by atoms with Gasteiger partial charge in [0, 0.05) is 0 Å². The molecule has 0 saturated carbocycles. The van der Waals surface area contributed by atoms with Gasteiger partial charge in [0.25, 0.3) is 0 Å². The summed E-state index contributed by atoms with van der Waals surface area (Å²) in [6.07, 6.45) is 1.75. The molecule has 0 amide bonds. The molecule has 0 fully saturated rings. The molecule has 0 atom stereocenters. The molecule has 2 N–H and O–H groups in total. The van der Waals surface area contributed by atoms with Crippen LogP contribution in [-0.4, -0.2) is 7.05 Å². The fraction of sp³-hybridized carbons (Fsp3) is 0.0909. The molecule has 0 heterocycles. The van der Waals surface area contributed by atoms with Crippen molar-refractivity contribution in [1.29, 1.82) is 0 Å². The van der Waals surface area contributed by atoms with Gasteiger partial charge in [-0.05, 0) is 81.7 Å². The third-order valence-corrected chi connectivity index (χ3v) is 6.12. The minimum atomic E-state index is 1.27. The Morgan fingerprint density at radius 3 is 1.65 bits per heavy atom. The van der Waals surface area contributed by atoms with Crippen molar-refractivity contribution in [3.8, 4) is 44.5 Å². The maximum atomic E-state index is 4.50. The molecule has 0 spiro atoms. The van der Waals surface area contributed by atoms with E-state index in [1.165, 1.54) is 67.9 Å². The Bertz CT molecular complexity index is 1430. The van der Waals surface area contributed by atoms with Crippen LogP contribution in [0, 0.1) is 6.92 Å². The summed E-state index contributed by atoms with van der Waals surface area (Å²) in [5.41, 5.74) is 16.5. The van der Waals surface area contributed by atoms with E-state index in [-0.39, 0.29) is 0 Å². The topological polar surface area (TPSA) is 26.0 Å². The summed E-state index contributed by atoms with van der Waals surface area (Å²) < 4.78 is 0. The van der Waals surface area contributed by atoms with Crippen molar-refractivity contribution in [3.63, 3.8) is 0 Å². The summed E-state index contributed by atoms with van der Waals surface area (Å²) in [6, 6.07) is 37.4. The number of benzene rings is 5. The van der Waals surface area contributed by atoms with Crippen LogP contribution in [0.4, 0.5) is 0 Å². The third-order valence-electron chi connectivity index (χ3n) is 6.12. The highest BCUT2D eigenvalue weighted by Crippen LogP contribution is 2.55. The van der Waals surface area contributed by atoms with Gasteiger partial charge in [-0.2, -0.15) is 0 Å². The second kappa shape index (κ2) is 10.3. The Balaban J connectivity index is 0.000000510. The minimum absolute atomic E-state index is 1.27. The molecule has 5 aromatic carbocycles. The summed E-state index contributed by atoms with van der Waals surface area (Å²) in [5.74, 6) is 0. The average Bonchev–Trinajstić information content (AvgIpc) is 3.22. The average molecular weight is 442 g/mol. The van der Waals surface area contributed by atoms with E-state index in [1.54, 1.807) is 6.08 Å². The number of fused-ring (bicyclic) bond motifs is 3. The van der Waals surface area contributed by atoms with Gasteiger partial charge in [-0.3, -0.25) is 0 Å². The summed E-state index contributed by atoms with van der Waals surface area (Å²) >= 11 is 0. The standard InChI is InChI=1S/C29H20.C3H6.CH5N/c1-19-18-25(20-10-4-2-5-11-20)28-23-16-8-14-22-15-9-17-24(27(22)23)29(28)26(19)21-12-6-3-7-13-21;1-3-2;1-2/h2-18H,1H3;3H,1H2,2H3;2H2,1H3. The van der Waals surface area contributed by atoms with Crippen LogP contribution in [0.5, 0.6) is 0 Å². The van der Waals surface area contributed by atoms with E-state index in [0.717, 1.165) is 0 Å². The second-order valence-corrected chi connectivity index (χ2v) is 8.22. The molecular formula is C33H31N. The lowest BCUT2D eigenvalue weighted by Gasteiger charge is -2.18. The number of rotatable bonds is 2. The highest BCUT2D eigenvalue weighted by molar-refractivity contribution is 6.21. The molecule has 0 radical (unpaired) electrons. The van der Waals surface area contributed by atoms with E-state index in [2.05, 4.69) is 122 Å². The largest absolute Gasteiger partial charge is 0.333 e. The number of aryl methyl sites for hydroxylation is 1. The Kier molecular flexibility index (Phi) is 7.06. The summed E-state index contributed by atoms with van der Waals surface area (Å²) in [4.78, 5) is 0. The van der Waals surface area contributed by atoms with Crippen LogP contribution >= 0.6 is 0 Å². The number of hydrogen-bond acceptors (Lipinski definition) is 1. The first kappa shape index (κ1) is 23.2. The lowest BCUT2D eigenvalue weighted by Crippen LogP contribution is -1.93. The molecule has 1 aliphatic carbocycles. The molecule has 1 heteroatoms. The van der Waals surface area contributed by atoms with E-state index >= 15 is 0 Å². The van der Waals surface area contributed by atoms with Gasteiger partial charge >= 0.3 is 0 Å². The Morgan fingerprint density at radius 1 is 0.588 bits per heavy atom. The minimum Gasteiger partial charge on any atom is -0.333 e. The third kappa shape index (κ3) is 3.96. The molecule has 0 unspecified atom stereocenters. The zero-order valence-corrected chi connectivity index (χ0v) is 20.2. The summed E-state index contributed by atoms with van der Waals surface area (Å²) in [5, 5.41) is 2.69. The van der Waals surface area contributed by atoms with Crippen molar-refractivity contribution in [3.05, 3.63) is 121 Å². The van der Waals surface area contributed by atoms with Gasteiger partial charge in [0.05, 0.1) is 0 Å². The van der Waals surface area contributed by atoms with Crippen molar-refractivity contribution in [1.82, 2.24) is 0 Å². The molecular weight excluding hydrogens is 410 g/mol. The highest BCUT2D eigenvalue weighted by atomic mass is 14.4. The van der Waals surface area contributed by atoms with Gasteiger partial charge in [0.1, 0.15) is 0 Å².